The van der Waals surface area contributed by atoms with Gasteiger partial charge in [0.2, 0.25) is 0 Å². The lowest BCUT2D eigenvalue weighted by Gasteiger charge is -2.22. The number of thioether (sulfide) groups is 1. The molecule has 0 saturated heterocycles. The fraction of sp³-hybridized carbons (Fsp3) is 0.844. The van der Waals surface area contributed by atoms with Gasteiger partial charge in [0.1, 0.15) is 23.4 Å². The van der Waals surface area contributed by atoms with Gasteiger partial charge in [-0.05, 0) is 88.7 Å². The van der Waals surface area contributed by atoms with Crippen LogP contribution in [-0.2, 0) is 15.3 Å². The molecule has 0 heterocycles. The Kier molecular flexibility index (Phi) is 34.4. The molecule has 1 aromatic rings. The van der Waals surface area contributed by atoms with Crippen LogP contribution in [0.5, 0.6) is 17.2 Å². The minimum atomic E-state index is 0.0156. The lowest BCUT2D eigenvalue weighted by Crippen LogP contribution is -2.27. The first-order valence-electron chi connectivity index (χ1n) is 22.3. The van der Waals surface area contributed by atoms with Gasteiger partial charge < -0.3 is 23.8 Å². The van der Waals surface area contributed by atoms with E-state index in [4.69, 9.17) is 24.5 Å². The SMILES string of the molecule is CCCCCCCCC(CCCCCCCC)OC(=O)CCCCCCCN(CCCCCCCSCc1c(OC)cc(OC)cc1OC)CCCN=[N+]=[N-]. The molecular weight excluding hydrogens is 709 g/mol. The third kappa shape index (κ3) is 27.9. The zero-order valence-corrected chi connectivity index (χ0v) is 36.9. The second-order valence-corrected chi connectivity index (χ2v) is 16.3. The summed E-state index contributed by atoms with van der Waals surface area (Å²) < 4.78 is 22.6. The van der Waals surface area contributed by atoms with Gasteiger partial charge in [-0.3, -0.25) is 4.79 Å². The fourth-order valence-electron chi connectivity index (χ4n) is 7.16. The smallest absolute Gasteiger partial charge is 0.306 e. The van der Waals surface area contributed by atoms with E-state index in [0.717, 1.165) is 92.5 Å². The van der Waals surface area contributed by atoms with Crippen LogP contribution in [0, 0.1) is 0 Å². The molecule has 0 aliphatic carbocycles. The molecule has 318 valence electrons. The summed E-state index contributed by atoms with van der Waals surface area (Å²) in [6, 6.07) is 3.84. The Balaban J connectivity index is 2.29. The number of nitrogens with zero attached hydrogens (tertiary/aromatic N) is 4. The largest absolute Gasteiger partial charge is 0.496 e. The van der Waals surface area contributed by atoms with Gasteiger partial charge in [-0.25, -0.2) is 0 Å². The van der Waals surface area contributed by atoms with Crippen molar-refractivity contribution in [2.45, 2.75) is 193 Å². The van der Waals surface area contributed by atoms with Crippen molar-refractivity contribution in [2.24, 2.45) is 5.11 Å². The maximum atomic E-state index is 12.8. The molecule has 0 radical (unpaired) electrons. The van der Waals surface area contributed by atoms with E-state index in [1.165, 1.54) is 122 Å². The first kappa shape index (κ1) is 50.7. The van der Waals surface area contributed by atoms with Crippen LogP contribution in [0.15, 0.2) is 17.2 Å². The number of esters is 1. The Morgan fingerprint density at radius 1 is 0.673 bits per heavy atom. The number of carbonyl (C=O) groups is 1. The van der Waals surface area contributed by atoms with Crippen molar-refractivity contribution in [2.75, 3.05) is 53.3 Å². The third-order valence-electron chi connectivity index (χ3n) is 10.5. The first-order valence-corrected chi connectivity index (χ1v) is 23.5. The number of methoxy groups -OCH3 is 3. The van der Waals surface area contributed by atoms with Crippen molar-refractivity contribution < 1.29 is 23.7 Å². The van der Waals surface area contributed by atoms with Crippen LogP contribution in [0.4, 0.5) is 0 Å². The van der Waals surface area contributed by atoms with E-state index in [1.807, 2.05) is 23.9 Å². The summed E-state index contributed by atoms with van der Waals surface area (Å²) in [4.78, 5) is 18.3. The van der Waals surface area contributed by atoms with Gasteiger partial charge in [0.05, 0.1) is 21.3 Å². The highest BCUT2D eigenvalue weighted by Crippen LogP contribution is 2.36. The Morgan fingerprint density at radius 2 is 1.16 bits per heavy atom. The second-order valence-electron chi connectivity index (χ2n) is 15.2. The lowest BCUT2D eigenvalue weighted by atomic mass is 10.0. The summed E-state index contributed by atoms with van der Waals surface area (Å²) in [6.45, 7) is 8.26. The lowest BCUT2D eigenvalue weighted by molar-refractivity contribution is -0.150. The minimum absolute atomic E-state index is 0.0156. The van der Waals surface area contributed by atoms with E-state index in [2.05, 4.69) is 28.8 Å². The number of azide groups is 1. The quantitative estimate of drug-likeness (QED) is 0.0214. The average Bonchev–Trinajstić information content (AvgIpc) is 3.20. The van der Waals surface area contributed by atoms with Crippen molar-refractivity contribution in [3.05, 3.63) is 28.1 Å². The summed E-state index contributed by atoms with van der Waals surface area (Å²) >= 11 is 1.92. The van der Waals surface area contributed by atoms with Gasteiger partial charge in [0.25, 0.3) is 0 Å². The molecule has 1 rings (SSSR count). The number of rotatable bonds is 40. The van der Waals surface area contributed by atoms with Crippen molar-refractivity contribution in [3.63, 3.8) is 0 Å². The average molecular weight is 791 g/mol. The molecule has 0 aliphatic rings. The van der Waals surface area contributed by atoms with E-state index in [0.29, 0.717) is 13.0 Å². The predicted octanol–water partition coefficient (Wildman–Crippen LogP) is 13.7. The van der Waals surface area contributed by atoms with Crippen LogP contribution in [-0.4, -0.2) is 70.2 Å². The number of benzene rings is 1. The molecule has 0 atom stereocenters. The summed E-state index contributed by atoms with van der Waals surface area (Å²) in [5, 5.41) is 3.75. The number of hydrogen-bond acceptors (Lipinski definition) is 8. The van der Waals surface area contributed by atoms with E-state index < -0.39 is 0 Å². The standard InChI is InChI=1S/C45H82N4O5S/c1-6-8-10-12-16-22-29-40(30-23-17-13-11-9-7-2)54-45(50)31-24-18-14-19-25-33-49(35-28-32-47-48-46)34-26-20-15-21-27-36-55-39-42-43(52-4)37-41(51-3)38-44(42)53-5/h37-38,40H,6-36,39H2,1-5H3. The molecule has 10 heteroatoms. The summed E-state index contributed by atoms with van der Waals surface area (Å²) in [7, 11) is 5.03. The highest BCUT2D eigenvalue weighted by atomic mass is 32.2. The van der Waals surface area contributed by atoms with Crippen molar-refractivity contribution in [3.8, 4) is 17.2 Å². The molecule has 0 bridgehead atoms. The van der Waals surface area contributed by atoms with Gasteiger partial charge in [0, 0.05) is 41.3 Å². The van der Waals surface area contributed by atoms with E-state index in [9.17, 15) is 4.79 Å². The van der Waals surface area contributed by atoms with E-state index in [-0.39, 0.29) is 12.1 Å². The first-order chi connectivity index (χ1) is 27.0. The molecule has 0 aliphatic heterocycles. The molecule has 1 aromatic carbocycles. The zero-order valence-electron chi connectivity index (χ0n) is 36.1. The highest BCUT2D eigenvalue weighted by molar-refractivity contribution is 7.98. The Morgan fingerprint density at radius 3 is 1.69 bits per heavy atom. The Hall–Kier alpha value is -2.29. The summed E-state index contributed by atoms with van der Waals surface area (Å²) in [6.07, 6.45) is 30.7. The molecule has 0 saturated carbocycles. The van der Waals surface area contributed by atoms with Crippen molar-refractivity contribution >= 4 is 17.7 Å². The zero-order chi connectivity index (χ0) is 40.0. The Bertz CT molecular complexity index is 1060. The van der Waals surface area contributed by atoms with Crippen LogP contribution < -0.4 is 14.2 Å². The third-order valence-corrected chi connectivity index (χ3v) is 11.6. The second kappa shape index (κ2) is 37.3. The van der Waals surface area contributed by atoms with Gasteiger partial charge >= 0.3 is 5.97 Å². The normalized spacial score (nSPS) is 11.3. The van der Waals surface area contributed by atoms with Gasteiger partial charge in [-0.2, -0.15) is 11.8 Å². The minimum Gasteiger partial charge on any atom is -0.496 e. The van der Waals surface area contributed by atoms with Gasteiger partial charge in [0.15, 0.2) is 0 Å². The highest BCUT2D eigenvalue weighted by Gasteiger charge is 2.15. The van der Waals surface area contributed by atoms with Crippen LogP contribution in [0.2, 0.25) is 0 Å². The topological polar surface area (TPSA) is 106 Å². The maximum absolute atomic E-state index is 12.8. The number of hydrogen-bond donors (Lipinski definition) is 0. The maximum Gasteiger partial charge on any atom is 0.306 e. The molecule has 55 heavy (non-hydrogen) atoms. The van der Waals surface area contributed by atoms with Gasteiger partial charge in [-0.1, -0.05) is 122 Å². The Labute approximate surface area is 341 Å². The predicted molar refractivity (Wildman–Crippen MR) is 234 cm³/mol. The molecule has 0 spiro atoms. The van der Waals surface area contributed by atoms with E-state index in [1.54, 1.807) is 21.3 Å². The van der Waals surface area contributed by atoms with E-state index >= 15 is 0 Å². The fourth-order valence-corrected chi connectivity index (χ4v) is 8.20. The van der Waals surface area contributed by atoms with Crippen LogP contribution in [0.3, 0.4) is 0 Å². The number of ether oxygens (including phenoxy) is 4. The van der Waals surface area contributed by atoms with Crippen LogP contribution >= 0.6 is 11.8 Å². The summed E-state index contributed by atoms with van der Waals surface area (Å²) in [5.74, 6) is 4.35. The molecular formula is C45H82N4O5S. The number of carbonyl (C=O) groups excluding carboxylic acids is 1. The molecule has 0 amide bonds. The van der Waals surface area contributed by atoms with Crippen molar-refractivity contribution in [1.82, 2.24) is 4.90 Å². The molecule has 0 N–H and O–H groups in total. The van der Waals surface area contributed by atoms with Crippen LogP contribution in [0.25, 0.3) is 10.4 Å². The molecule has 0 fully saturated rings. The van der Waals surface area contributed by atoms with Crippen molar-refractivity contribution in [1.29, 1.82) is 0 Å². The summed E-state index contributed by atoms with van der Waals surface area (Å²) in [5.41, 5.74) is 9.77. The van der Waals surface area contributed by atoms with Crippen LogP contribution in [0.1, 0.15) is 186 Å². The van der Waals surface area contributed by atoms with Gasteiger partial charge in [-0.15, -0.1) is 0 Å². The molecule has 0 unspecified atom stereocenters. The molecule has 9 nitrogen and oxygen atoms in total. The molecule has 0 aromatic heterocycles. The number of unbranched alkanes of at least 4 members (excludes halogenated alkanes) is 18. The monoisotopic (exact) mass is 791 g/mol.